The fraction of sp³-hybridized carbons (Fsp3) is 0.467. The molecule has 0 fully saturated rings. The van der Waals surface area contributed by atoms with Crippen LogP contribution in [0, 0.1) is 0 Å². The van der Waals surface area contributed by atoms with Gasteiger partial charge in [0.25, 0.3) is 0 Å². The number of hydrogen-bond acceptors (Lipinski definition) is 4. The first-order valence-corrected chi connectivity index (χ1v) is 7.07. The van der Waals surface area contributed by atoms with Crippen molar-refractivity contribution in [2.24, 2.45) is 0 Å². The second-order valence-corrected chi connectivity index (χ2v) is 4.38. The standard InChI is InChI=1S/C15H21N3O2/c1-4-9-18-11-16-17-15(18)12-7-8-13(19-5-2)14(10-12)20-6-3/h7-8,10-11H,4-6,9H2,1-3H3. The Hall–Kier alpha value is -2.04. The first-order chi connectivity index (χ1) is 9.80. The average Bonchev–Trinajstić information content (AvgIpc) is 2.90. The van der Waals surface area contributed by atoms with Crippen molar-refractivity contribution in [3.63, 3.8) is 0 Å². The van der Waals surface area contributed by atoms with Gasteiger partial charge in [-0.25, -0.2) is 0 Å². The molecule has 108 valence electrons. The van der Waals surface area contributed by atoms with E-state index in [0.717, 1.165) is 35.9 Å². The van der Waals surface area contributed by atoms with E-state index < -0.39 is 0 Å². The van der Waals surface area contributed by atoms with Gasteiger partial charge >= 0.3 is 0 Å². The molecule has 0 radical (unpaired) electrons. The van der Waals surface area contributed by atoms with E-state index in [4.69, 9.17) is 9.47 Å². The van der Waals surface area contributed by atoms with Crippen molar-refractivity contribution < 1.29 is 9.47 Å². The number of benzene rings is 1. The van der Waals surface area contributed by atoms with Gasteiger partial charge in [0.1, 0.15) is 6.33 Å². The first kappa shape index (κ1) is 14.4. The van der Waals surface area contributed by atoms with E-state index in [1.54, 1.807) is 6.33 Å². The van der Waals surface area contributed by atoms with Crippen LogP contribution in [-0.4, -0.2) is 28.0 Å². The summed E-state index contributed by atoms with van der Waals surface area (Å²) in [5.41, 5.74) is 0.989. The molecule has 0 saturated heterocycles. The molecule has 1 aromatic carbocycles. The van der Waals surface area contributed by atoms with Crippen LogP contribution in [-0.2, 0) is 6.54 Å². The second-order valence-electron chi connectivity index (χ2n) is 4.38. The highest BCUT2D eigenvalue weighted by molar-refractivity contribution is 5.61. The molecular weight excluding hydrogens is 254 g/mol. The van der Waals surface area contributed by atoms with Crippen LogP contribution in [0.25, 0.3) is 11.4 Å². The maximum Gasteiger partial charge on any atom is 0.163 e. The van der Waals surface area contributed by atoms with E-state index in [9.17, 15) is 0 Å². The van der Waals surface area contributed by atoms with Crippen molar-refractivity contribution in [2.45, 2.75) is 33.7 Å². The lowest BCUT2D eigenvalue weighted by molar-refractivity contribution is 0.288. The van der Waals surface area contributed by atoms with E-state index in [2.05, 4.69) is 17.1 Å². The molecule has 2 rings (SSSR count). The fourth-order valence-electron chi connectivity index (χ4n) is 2.07. The Labute approximate surface area is 119 Å². The monoisotopic (exact) mass is 275 g/mol. The van der Waals surface area contributed by atoms with Crippen molar-refractivity contribution in [3.05, 3.63) is 24.5 Å². The van der Waals surface area contributed by atoms with E-state index in [1.165, 1.54) is 0 Å². The smallest absolute Gasteiger partial charge is 0.163 e. The maximum absolute atomic E-state index is 5.65. The van der Waals surface area contributed by atoms with E-state index in [-0.39, 0.29) is 0 Å². The Kier molecular flexibility index (Phi) is 4.98. The summed E-state index contributed by atoms with van der Waals surface area (Å²) >= 11 is 0. The zero-order chi connectivity index (χ0) is 14.4. The maximum atomic E-state index is 5.65. The molecule has 0 N–H and O–H groups in total. The van der Waals surface area contributed by atoms with Gasteiger partial charge in [-0.05, 0) is 38.5 Å². The van der Waals surface area contributed by atoms with Gasteiger partial charge < -0.3 is 14.0 Å². The van der Waals surface area contributed by atoms with E-state index in [1.807, 2.05) is 36.6 Å². The summed E-state index contributed by atoms with van der Waals surface area (Å²) in [6.07, 6.45) is 2.80. The number of rotatable bonds is 7. The molecule has 0 amide bonds. The predicted octanol–water partition coefficient (Wildman–Crippen LogP) is 3.15. The van der Waals surface area contributed by atoms with Gasteiger partial charge in [-0.2, -0.15) is 0 Å². The number of hydrogen-bond donors (Lipinski definition) is 0. The Morgan fingerprint density at radius 2 is 1.80 bits per heavy atom. The number of ether oxygens (including phenoxy) is 2. The van der Waals surface area contributed by atoms with Crippen molar-refractivity contribution >= 4 is 0 Å². The first-order valence-electron chi connectivity index (χ1n) is 7.07. The zero-order valence-electron chi connectivity index (χ0n) is 12.3. The molecule has 0 aliphatic heterocycles. The lowest BCUT2D eigenvalue weighted by atomic mass is 10.2. The second kappa shape index (κ2) is 6.93. The van der Waals surface area contributed by atoms with Crippen LogP contribution in [0.4, 0.5) is 0 Å². The summed E-state index contributed by atoms with van der Waals surface area (Å²) in [6, 6.07) is 5.88. The molecular formula is C15H21N3O2. The Bertz CT molecular complexity index is 552. The van der Waals surface area contributed by atoms with Crippen molar-refractivity contribution in [3.8, 4) is 22.9 Å². The summed E-state index contributed by atoms with van der Waals surface area (Å²) in [7, 11) is 0. The van der Waals surface area contributed by atoms with Gasteiger partial charge in [-0.15, -0.1) is 10.2 Å². The number of aromatic nitrogens is 3. The van der Waals surface area contributed by atoms with Crippen LogP contribution >= 0.6 is 0 Å². The molecule has 1 aromatic heterocycles. The van der Waals surface area contributed by atoms with Gasteiger partial charge in [-0.1, -0.05) is 6.92 Å². The fourth-order valence-corrected chi connectivity index (χ4v) is 2.07. The molecule has 2 aromatic rings. The summed E-state index contributed by atoms with van der Waals surface area (Å²) in [5, 5.41) is 8.19. The summed E-state index contributed by atoms with van der Waals surface area (Å²) in [4.78, 5) is 0. The summed E-state index contributed by atoms with van der Waals surface area (Å²) in [5.74, 6) is 2.37. The topological polar surface area (TPSA) is 49.2 Å². The molecule has 5 nitrogen and oxygen atoms in total. The molecule has 0 spiro atoms. The SMILES string of the molecule is CCCn1cnnc1-c1ccc(OCC)c(OCC)c1. The predicted molar refractivity (Wildman–Crippen MR) is 78.1 cm³/mol. The largest absolute Gasteiger partial charge is 0.490 e. The number of aryl methyl sites for hydroxylation is 1. The van der Waals surface area contributed by atoms with Crippen LogP contribution in [0.2, 0.25) is 0 Å². The highest BCUT2D eigenvalue weighted by Crippen LogP contribution is 2.32. The Morgan fingerprint density at radius 3 is 2.50 bits per heavy atom. The van der Waals surface area contributed by atoms with Gasteiger partial charge in [0.05, 0.1) is 13.2 Å². The molecule has 0 bridgehead atoms. The summed E-state index contributed by atoms with van der Waals surface area (Å²) in [6.45, 7) is 8.17. The van der Waals surface area contributed by atoms with Gasteiger partial charge in [0.15, 0.2) is 17.3 Å². The van der Waals surface area contributed by atoms with E-state index >= 15 is 0 Å². The minimum Gasteiger partial charge on any atom is -0.490 e. The average molecular weight is 275 g/mol. The molecule has 0 unspecified atom stereocenters. The van der Waals surface area contributed by atoms with Crippen LogP contribution in [0.3, 0.4) is 0 Å². The van der Waals surface area contributed by atoms with Crippen molar-refractivity contribution in [1.29, 1.82) is 0 Å². The highest BCUT2D eigenvalue weighted by atomic mass is 16.5. The normalized spacial score (nSPS) is 10.6. The lowest BCUT2D eigenvalue weighted by Crippen LogP contribution is -2.01. The van der Waals surface area contributed by atoms with Gasteiger partial charge in [0.2, 0.25) is 0 Å². The molecule has 0 aliphatic carbocycles. The Balaban J connectivity index is 2.36. The van der Waals surface area contributed by atoms with Crippen LogP contribution in [0.1, 0.15) is 27.2 Å². The molecule has 0 saturated carbocycles. The Morgan fingerprint density at radius 1 is 1.05 bits per heavy atom. The third-order valence-electron chi connectivity index (χ3n) is 2.88. The van der Waals surface area contributed by atoms with Gasteiger partial charge in [-0.3, -0.25) is 0 Å². The quantitative estimate of drug-likeness (QED) is 0.779. The summed E-state index contributed by atoms with van der Waals surface area (Å²) < 4.78 is 13.3. The van der Waals surface area contributed by atoms with Crippen molar-refractivity contribution in [1.82, 2.24) is 14.8 Å². The van der Waals surface area contributed by atoms with E-state index in [0.29, 0.717) is 13.2 Å². The van der Waals surface area contributed by atoms with Crippen LogP contribution in [0.5, 0.6) is 11.5 Å². The zero-order valence-corrected chi connectivity index (χ0v) is 12.3. The minimum atomic E-state index is 0.602. The third kappa shape index (κ3) is 3.10. The molecule has 5 heteroatoms. The lowest BCUT2D eigenvalue weighted by Gasteiger charge is -2.12. The van der Waals surface area contributed by atoms with Crippen LogP contribution < -0.4 is 9.47 Å². The van der Waals surface area contributed by atoms with Crippen molar-refractivity contribution in [2.75, 3.05) is 13.2 Å². The molecule has 0 atom stereocenters. The number of nitrogens with zero attached hydrogens (tertiary/aromatic N) is 3. The van der Waals surface area contributed by atoms with Crippen LogP contribution in [0.15, 0.2) is 24.5 Å². The highest BCUT2D eigenvalue weighted by Gasteiger charge is 2.11. The third-order valence-corrected chi connectivity index (χ3v) is 2.88. The molecule has 20 heavy (non-hydrogen) atoms. The molecule has 0 aliphatic rings. The minimum absolute atomic E-state index is 0.602. The molecule has 1 heterocycles. The van der Waals surface area contributed by atoms with Gasteiger partial charge in [0, 0.05) is 12.1 Å².